The number of carbonyl (C=O) groups is 4. The monoisotopic (exact) mass is 624 g/mol. The van der Waals surface area contributed by atoms with Gasteiger partial charge in [0.1, 0.15) is 18.7 Å². The normalized spacial score (nSPS) is 22.7. The Bertz CT molecular complexity index is 1510. The minimum absolute atomic E-state index is 0.0614. The smallest absolute Gasteiger partial charge is 0.411 e. The highest BCUT2D eigenvalue weighted by molar-refractivity contribution is 5.97. The Morgan fingerprint density at radius 1 is 0.870 bits per heavy atom. The number of aliphatic carboxylic acids is 1. The molecular weight excluding hydrogens is 584 g/mol. The largest absolute Gasteiger partial charge is 0.480 e. The van der Waals surface area contributed by atoms with Crippen LogP contribution >= 0.6 is 0 Å². The van der Waals surface area contributed by atoms with Gasteiger partial charge in [-0.25, -0.2) is 9.59 Å². The fraction of sp³-hybridized carbons (Fsp3) is 0.389. The van der Waals surface area contributed by atoms with Gasteiger partial charge in [0.05, 0.1) is 18.5 Å². The molecule has 3 fully saturated rings. The van der Waals surface area contributed by atoms with Crippen LogP contribution in [0.1, 0.15) is 48.4 Å². The summed E-state index contributed by atoms with van der Waals surface area (Å²) in [5.41, 5.74) is 3.11. The summed E-state index contributed by atoms with van der Waals surface area (Å²) < 4.78 is 5.41. The lowest BCUT2D eigenvalue weighted by Crippen LogP contribution is -2.74. The highest BCUT2D eigenvalue weighted by Crippen LogP contribution is 2.39. The van der Waals surface area contributed by atoms with Crippen molar-refractivity contribution in [1.29, 1.82) is 0 Å². The molecule has 10 heteroatoms. The molecule has 0 unspecified atom stereocenters. The van der Waals surface area contributed by atoms with E-state index >= 15 is 0 Å². The molecule has 6 rings (SSSR count). The highest BCUT2D eigenvalue weighted by atomic mass is 16.6. The second kappa shape index (κ2) is 14.2. The van der Waals surface area contributed by atoms with E-state index in [1.165, 1.54) is 15.4 Å². The van der Waals surface area contributed by atoms with Gasteiger partial charge in [0.15, 0.2) is 0 Å². The third-order valence-corrected chi connectivity index (χ3v) is 9.40. The SMILES string of the molecule is O=C(C[C@@H](C(=O)O)N1C(=O)[C@@H](N2C(=O)OC[C@@H]2c2ccccc2)[C@H]1CCc1ccccc1)NC1CCN(Cc2ccccc2)CC1. The number of likely N-dealkylation sites (tertiary alicyclic amines) is 2. The second-order valence-corrected chi connectivity index (χ2v) is 12.4. The quantitative estimate of drug-likeness (QED) is 0.292. The first kappa shape index (κ1) is 31.3. The Labute approximate surface area is 268 Å². The van der Waals surface area contributed by atoms with Gasteiger partial charge in [0.25, 0.3) is 0 Å². The number of amides is 3. The molecule has 0 saturated carbocycles. The van der Waals surface area contributed by atoms with Gasteiger partial charge in [-0.2, -0.15) is 0 Å². The molecule has 3 heterocycles. The molecule has 3 aromatic rings. The van der Waals surface area contributed by atoms with Crippen LogP contribution < -0.4 is 5.32 Å². The van der Waals surface area contributed by atoms with E-state index in [1.54, 1.807) is 0 Å². The summed E-state index contributed by atoms with van der Waals surface area (Å²) in [5.74, 6) is -2.12. The van der Waals surface area contributed by atoms with Gasteiger partial charge in [-0.3, -0.25) is 19.4 Å². The van der Waals surface area contributed by atoms with Crippen molar-refractivity contribution in [3.8, 4) is 0 Å². The van der Waals surface area contributed by atoms with Crippen molar-refractivity contribution in [3.63, 3.8) is 0 Å². The van der Waals surface area contributed by atoms with Crippen LogP contribution in [0, 0.1) is 0 Å². The highest BCUT2D eigenvalue weighted by Gasteiger charge is 2.58. The predicted octanol–water partition coefficient (Wildman–Crippen LogP) is 4.02. The summed E-state index contributed by atoms with van der Waals surface area (Å²) >= 11 is 0. The van der Waals surface area contributed by atoms with Crippen LogP contribution in [0.3, 0.4) is 0 Å². The van der Waals surface area contributed by atoms with E-state index in [0.29, 0.717) is 12.8 Å². The van der Waals surface area contributed by atoms with E-state index in [1.807, 2.05) is 78.9 Å². The molecule has 240 valence electrons. The maximum absolute atomic E-state index is 13.9. The van der Waals surface area contributed by atoms with Crippen LogP contribution in [-0.4, -0.2) is 87.5 Å². The molecule has 0 radical (unpaired) electrons. The third-order valence-electron chi connectivity index (χ3n) is 9.40. The molecule has 3 aliphatic rings. The van der Waals surface area contributed by atoms with Crippen LogP contribution in [0.25, 0.3) is 0 Å². The van der Waals surface area contributed by atoms with Gasteiger partial charge in [-0.05, 0) is 42.4 Å². The number of carboxylic acid groups (broad SMARTS) is 1. The Balaban J connectivity index is 1.14. The summed E-state index contributed by atoms with van der Waals surface area (Å²) in [5, 5.41) is 13.3. The number of β-lactam (4-membered cyclic amide) rings is 1. The molecule has 3 amide bonds. The zero-order valence-electron chi connectivity index (χ0n) is 25.7. The van der Waals surface area contributed by atoms with Crippen molar-refractivity contribution >= 4 is 23.9 Å². The van der Waals surface area contributed by atoms with E-state index in [-0.39, 0.29) is 19.1 Å². The van der Waals surface area contributed by atoms with Crippen molar-refractivity contribution < 1.29 is 29.0 Å². The van der Waals surface area contributed by atoms with E-state index in [9.17, 15) is 24.3 Å². The number of aryl methyl sites for hydroxylation is 1. The summed E-state index contributed by atoms with van der Waals surface area (Å²) in [4.78, 5) is 57.9. The first-order valence-corrected chi connectivity index (χ1v) is 16.0. The van der Waals surface area contributed by atoms with Crippen LogP contribution in [0.5, 0.6) is 0 Å². The maximum Gasteiger partial charge on any atom is 0.411 e. The molecule has 0 aliphatic carbocycles. The number of rotatable bonds is 12. The molecule has 0 bridgehead atoms. The lowest BCUT2D eigenvalue weighted by atomic mass is 9.84. The number of cyclic esters (lactones) is 1. The fourth-order valence-electron chi connectivity index (χ4n) is 7.01. The number of nitrogens with zero attached hydrogens (tertiary/aromatic N) is 3. The number of piperidine rings is 1. The van der Waals surface area contributed by atoms with Crippen molar-refractivity contribution in [1.82, 2.24) is 20.0 Å². The first-order valence-electron chi connectivity index (χ1n) is 16.0. The number of benzene rings is 3. The number of hydrogen-bond acceptors (Lipinski definition) is 6. The van der Waals surface area contributed by atoms with Gasteiger partial charge >= 0.3 is 12.1 Å². The van der Waals surface area contributed by atoms with Crippen LogP contribution in [0.15, 0.2) is 91.0 Å². The molecule has 0 spiro atoms. The molecule has 2 N–H and O–H groups in total. The average molecular weight is 625 g/mol. The molecule has 0 aromatic heterocycles. The lowest BCUT2D eigenvalue weighted by molar-refractivity contribution is -0.172. The molecule has 3 saturated heterocycles. The Hall–Kier alpha value is -4.70. The Morgan fingerprint density at radius 2 is 1.48 bits per heavy atom. The van der Waals surface area contributed by atoms with Crippen molar-refractivity contribution in [2.24, 2.45) is 0 Å². The number of carboxylic acids is 1. The van der Waals surface area contributed by atoms with Gasteiger partial charge in [-0.1, -0.05) is 91.0 Å². The summed E-state index contributed by atoms with van der Waals surface area (Å²) in [6.45, 7) is 2.60. The zero-order valence-corrected chi connectivity index (χ0v) is 25.7. The molecule has 46 heavy (non-hydrogen) atoms. The minimum atomic E-state index is -1.35. The van der Waals surface area contributed by atoms with Crippen LogP contribution in [0.4, 0.5) is 4.79 Å². The second-order valence-electron chi connectivity index (χ2n) is 12.4. The van der Waals surface area contributed by atoms with E-state index in [2.05, 4.69) is 22.3 Å². The Morgan fingerprint density at radius 3 is 2.11 bits per heavy atom. The van der Waals surface area contributed by atoms with Gasteiger partial charge in [0, 0.05) is 25.7 Å². The molecular formula is C36H40N4O6. The average Bonchev–Trinajstić information content (AvgIpc) is 3.44. The van der Waals surface area contributed by atoms with Gasteiger partial charge < -0.3 is 20.1 Å². The summed E-state index contributed by atoms with van der Waals surface area (Å²) in [7, 11) is 0. The zero-order chi connectivity index (χ0) is 32.0. The standard InChI is InChI=1S/C36H40N4O6/c41-32(37-28-18-20-38(21-19-28)23-26-12-6-2-7-13-26)22-30(35(43)44)39-29(17-16-25-10-4-1-5-11-25)33(34(39)42)40-31(24-46-36(40)45)27-14-8-3-9-15-27/h1-15,28-31,33H,16-24H2,(H,37,41)(H,43,44)/t29-,30+,31-,33+/m1/s1. The lowest BCUT2D eigenvalue weighted by Gasteiger charge is -2.53. The third kappa shape index (κ3) is 6.92. The minimum Gasteiger partial charge on any atom is -0.480 e. The van der Waals surface area contributed by atoms with Crippen LogP contribution in [-0.2, 0) is 32.1 Å². The topological polar surface area (TPSA) is 119 Å². The van der Waals surface area contributed by atoms with E-state index in [4.69, 9.17) is 4.74 Å². The molecule has 4 atom stereocenters. The van der Waals surface area contributed by atoms with Gasteiger partial charge in [0.2, 0.25) is 11.8 Å². The van der Waals surface area contributed by atoms with Crippen molar-refractivity contribution in [2.75, 3.05) is 19.7 Å². The molecule has 10 nitrogen and oxygen atoms in total. The van der Waals surface area contributed by atoms with Crippen molar-refractivity contribution in [3.05, 3.63) is 108 Å². The summed E-state index contributed by atoms with van der Waals surface area (Å²) in [6, 6.07) is 26.0. The van der Waals surface area contributed by atoms with Crippen molar-refractivity contribution in [2.45, 2.75) is 68.9 Å². The number of carbonyl (C=O) groups excluding carboxylic acids is 3. The Kier molecular flexibility index (Phi) is 9.63. The predicted molar refractivity (Wildman–Crippen MR) is 170 cm³/mol. The van der Waals surface area contributed by atoms with Crippen LogP contribution in [0.2, 0.25) is 0 Å². The maximum atomic E-state index is 13.9. The molecule has 3 aliphatic heterocycles. The summed E-state index contributed by atoms with van der Waals surface area (Å²) in [6.07, 6.45) is 1.57. The van der Waals surface area contributed by atoms with E-state index < -0.39 is 48.0 Å². The number of nitrogens with one attached hydrogen (secondary N) is 1. The van der Waals surface area contributed by atoms with Gasteiger partial charge in [-0.15, -0.1) is 0 Å². The molecule has 3 aromatic carbocycles. The number of ether oxygens (including phenoxy) is 1. The first-order chi connectivity index (χ1) is 22.4. The fourth-order valence-corrected chi connectivity index (χ4v) is 7.01. The number of hydrogen-bond donors (Lipinski definition) is 2. The van der Waals surface area contributed by atoms with E-state index in [0.717, 1.165) is 43.6 Å².